The first kappa shape index (κ1) is 10.5. The van der Waals surface area contributed by atoms with Crippen molar-refractivity contribution >= 4 is 11.0 Å². The van der Waals surface area contributed by atoms with Gasteiger partial charge in [-0.05, 0) is 24.3 Å². The Morgan fingerprint density at radius 3 is 2.72 bits per heavy atom. The lowest BCUT2D eigenvalue weighted by molar-refractivity contribution is 0.625. The summed E-state index contributed by atoms with van der Waals surface area (Å²) in [7, 11) is 0. The summed E-state index contributed by atoms with van der Waals surface area (Å²) in [6.45, 7) is 0. The van der Waals surface area contributed by atoms with Gasteiger partial charge >= 0.3 is 0 Å². The number of terminal acetylenes is 1. The standard InChI is InChI=1S/C15H9FN2/c1-2-10-11(6-5-7-12(10)16)15-17-13-8-3-4-9-14(13)18-15/h1,3-9H,(H,17,18). The fourth-order valence-electron chi connectivity index (χ4n) is 1.95. The Hall–Kier alpha value is -2.60. The number of aromatic nitrogens is 2. The normalized spacial score (nSPS) is 10.4. The molecule has 0 spiro atoms. The van der Waals surface area contributed by atoms with Gasteiger partial charge in [0.1, 0.15) is 11.6 Å². The van der Waals surface area contributed by atoms with Crippen LogP contribution >= 0.6 is 0 Å². The molecule has 0 bridgehead atoms. The Morgan fingerprint density at radius 2 is 1.94 bits per heavy atom. The fourth-order valence-corrected chi connectivity index (χ4v) is 1.95. The zero-order valence-electron chi connectivity index (χ0n) is 9.44. The van der Waals surface area contributed by atoms with Crippen molar-refractivity contribution in [1.29, 1.82) is 0 Å². The van der Waals surface area contributed by atoms with E-state index in [-0.39, 0.29) is 5.56 Å². The molecule has 3 aromatic rings. The van der Waals surface area contributed by atoms with Crippen LogP contribution in [-0.4, -0.2) is 9.97 Å². The molecule has 2 aromatic carbocycles. The number of imidazole rings is 1. The van der Waals surface area contributed by atoms with Crippen molar-refractivity contribution in [2.75, 3.05) is 0 Å². The third kappa shape index (κ3) is 1.56. The van der Waals surface area contributed by atoms with Crippen molar-refractivity contribution < 1.29 is 4.39 Å². The van der Waals surface area contributed by atoms with Gasteiger partial charge in [0.2, 0.25) is 0 Å². The number of nitrogens with zero attached hydrogens (tertiary/aromatic N) is 1. The molecule has 2 nitrogen and oxygen atoms in total. The number of H-pyrrole nitrogens is 1. The zero-order chi connectivity index (χ0) is 12.5. The third-order valence-corrected chi connectivity index (χ3v) is 2.80. The summed E-state index contributed by atoms with van der Waals surface area (Å²) < 4.78 is 13.6. The smallest absolute Gasteiger partial charge is 0.139 e. The van der Waals surface area contributed by atoms with Crippen molar-refractivity contribution in [3.8, 4) is 23.7 Å². The van der Waals surface area contributed by atoms with E-state index in [1.165, 1.54) is 6.07 Å². The summed E-state index contributed by atoms with van der Waals surface area (Å²) in [5.74, 6) is 2.55. The molecule has 3 rings (SSSR count). The van der Waals surface area contributed by atoms with Gasteiger partial charge in [0.15, 0.2) is 0 Å². The Kier molecular flexibility index (Phi) is 2.35. The molecule has 0 saturated carbocycles. The van der Waals surface area contributed by atoms with Gasteiger partial charge in [0.25, 0.3) is 0 Å². The SMILES string of the molecule is C#Cc1c(F)cccc1-c1nc2ccccc2[nH]1. The topological polar surface area (TPSA) is 28.7 Å². The van der Waals surface area contributed by atoms with Crippen LogP contribution in [0.15, 0.2) is 42.5 Å². The van der Waals surface area contributed by atoms with Crippen molar-refractivity contribution in [1.82, 2.24) is 9.97 Å². The maximum absolute atomic E-state index is 13.6. The van der Waals surface area contributed by atoms with E-state index in [1.54, 1.807) is 12.1 Å². The second-order valence-corrected chi connectivity index (χ2v) is 3.91. The predicted molar refractivity (Wildman–Crippen MR) is 69.4 cm³/mol. The van der Waals surface area contributed by atoms with Crippen LogP contribution in [0.3, 0.4) is 0 Å². The molecule has 0 radical (unpaired) electrons. The van der Waals surface area contributed by atoms with Crippen molar-refractivity contribution in [2.45, 2.75) is 0 Å². The number of para-hydroxylation sites is 2. The molecule has 18 heavy (non-hydrogen) atoms. The lowest BCUT2D eigenvalue weighted by Gasteiger charge is -2.01. The number of benzene rings is 2. The van der Waals surface area contributed by atoms with E-state index in [0.29, 0.717) is 11.4 Å². The lowest BCUT2D eigenvalue weighted by atomic mass is 10.1. The molecule has 0 aliphatic rings. The summed E-state index contributed by atoms with van der Waals surface area (Å²) in [5.41, 5.74) is 2.57. The van der Waals surface area contributed by atoms with Gasteiger partial charge in [-0.15, -0.1) is 6.42 Å². The molecule has 1 N–H and O–H groups in total. The second kappa shape index (κ2) is 4.01. The number of fused-ring (bicyclic) bond motifs is 1. The van der Waals surface area contributed by atoms with Crippen molar-refractivity contribution in [3.05, 3.63) is 53.8 Å². The zero-order valence-corrected chi connectivity index (χ0v) is 9.44. The lowest BCUT2D eigenvalue weighted by Crippen LogP contribution is -1.90. The van der Waals surface area contributed by atoms with E-state index in [4.69, 9.17) is 6.42 Å². The Morgan fingerprint density at radius 1 is 1.11 bits per heavy atom. The van der Waals surface area contributed by atoms with Crippen LogP contribution in [0.5, 0.6) is 0 Å². The summed E-state index contributed by atoms with van der Waals surface area (Å²) in [5, 5.41) is 0. The van der Waals surface area contributed by atoms with Crippen LogP contribution in [0.25, 0.3) is 22.4 Å². The Labute approximate surface area is 103 Å². The number of nitrogens with one attached hydrogen (secondary N) is 1. The van der Waals surface area contributed by atoms with Crippen LogP contribution in [-0.2, 0) is 0 Å². The van der Waals surface area contributed by atoms with Gasteiger partial charge < -0.3 is 4.98 Å². The minimum atomic E-state index is -0.407. The minimum Gasteiger partial charge on any atom is -0.338 e. The van der Waals surface area contributed by atoms with Crippen LogP contribution in [0.1, 0.15) is 5.56 Å². The van der Waals surface area contributed by atoms with Gasteiger partial charge in [0, 0.05) is 5.56 Å². The molecule has 3 heteroatoms. The molecule has 0 aliphatic carbocycles. The van der Waals surface area contributed by atoms with Gasteiger partial charge in [-0.3, -0.25) is 0 Å². The first-order valence-electron chi connectivity index (χ1n) is 5.50. The number of hydrogen-bond donors (Lipinski definition) is 1. The first-order valence-corrected chi connectivity index (χ1v) is 5.50. The molecular weight excluding hydrogens is 227 g/mol. The second-order valence-electron chi connectivity index (χ2n) is 3.91. The average molecular weight is 236 g/mol. The number of rotatable bonds is 1. The Balaban J connectivity index is 2.27. The van der Waals surface area contributed by atoms with Gasteiger partial charge in [-0.25, -0.2) is 9.37 Å². The molecule has 0 unspecified atom stereocenters. The molecule has 0 aliphatic heterocycles. The molecule has 86 valence electrons. The summed E-state index contributed by atoms with van der Waals surface area (Å²) in [4.78, 5) is 7.56. The van der Waals surface area contributed by atoms with Crippen molar-refractivity contribution in [2.24, 2.45) is 0 Å². The number of aromatic amines is 1. The summed E-state index contributed by atoms with van der Waals surface area (Å²) >= 11 is 0. The third-order valence-electron chi connectivity index (χ3n) is 2.80. The summed E-state index contributed by atoms with van der Waals surface area (Å²) in [6.07, 6.45) is 5.35. The van der Waals surface area contributed by atoms with Crippen LogP contribution < -0.4 is 0 Å². The monoisotopic (exact) mass is 236 g/mol. The molecule has 1 aromatic heterocycles. The van der Waals surface area contributed by atoms with E-state index in [1.807, 2.05) is 24.3 Å². The van der Waals surface area contributed by atoms with Crippen LogP contribution in [0.2, 0.25) is 0 Å². The van der Waals surface area contributed by atoms with Gasteiger partial charge in [-0.2, -0.15) is 0 Å². The maximum atomic E-state index is 13.6. The fraction of sp³-hybridized carbons (Fsp3) is 0. The van der Waals surface area contributed by atoms with E-state index in [0.717, 1.165) is 11.0 Å². The van der Waals surface area contributed by atoms with E-state index < -0.39 is 5.82 Å². The molecule has 1 heterocycles. The molecule has 0 amide bonds. The summed E-state index contributed by atoms with van der Waals surface area (Å²) in [6, 6.07) is 12.4. The number of halogens is 1. The molecule has 0 saturated heterocycles. The largest absolute Gasteiger partial charge is 0.338 e. The van der Waals surface area contributed by atoms with E-state index in [9.17, 15) is 4.39 Å². The average Bonchev–Trinajstić information content (AvgIpc) is 2.82. The predicted octanol–water partition coefficient (Wildman–Crippen LogP) is 3.35. The number of hydrogen-bond acceptors (Lipinski definition) is 1. The van der Waals surface area contributed by atoms with Crippen LogP contribution in [0, 0.1) is 18.2 Å². The first-order chi connectivity index (χ1) is 8.79. The highest BCUT2D eigenvalue weighted by Crippen LogP contribution is 2.24. The van der Waals surface area contributed by atoms with E-state index in [2.05, 4.69) is 15.9 Å². The molecule has 0 atom stereocenters. The van der Waals surface area contributed by atoms with Gasteiger partial charge in [-0.1, -0.05) is 24.1 Å². The highest BCUT2D eigenvalue weighted by atomic mass is 19.1. The van der Waals surface area contributed by atoms with Gasteiger partial charge in [0.05, 0.1) is 16.6 Å². The minimum absolute atomic E-state index is 0.233. The quantitative estimate of drug-likeness (QED) is 0.645. The molecule has 0 fully saturated rings. The molecular formula is C15H9FN2. The Bertz CT molecular complexity index is 733. The van der Waals surface area contributed by atoms with E-state index >= 15 is 0 Å². The highest BCUT2D eigenvalue weighted by molar-refractivity contribution is 5.80. The maximum Gasteiger partial charge on any atom is 0.139 e. The van der Waals surface area contributed by atoms with Crippen molar-refractivity contribution in [3.63, 3.8) is 0 Å². The van der Waals surface area contributed by atoms with Crippen LogP contribution in [0.4, 0.5) is 4.39 Å². The highest BCUT2D eigenvalue weighted by Gasteiger charge is 2.11.